The average Bonchev–Trinajstić information content (AvgIpc) is 3.76. The van der Waals surface area contributed by atoms with E-state index < -0.39 is 11.4 Å². The molecule has 12 heteroatoms. The van der Waals surface area contributed by atoms with Crippen LogP contribution in [0.15, 0.2) is 56.8 Å². The molecule has 5 aromatic rings. The fourth-order valence-corrected chi connectivity index (χ4v) is 6.53. The first kappa shape index (κ1) is 31.6. The monoisotopic (exact) mass is 620 g/mol. The number of H-pyrrole nitrogens is 1. The number of rotatable bonds is 14. The molecule has 0 aliphatic heterocycles. The molecule has 44 heavy (non-hydrogen) atoms. The van der Waals surface area contributed by atoms with Gasteiger partial charge < -0.3 is 9.84 Å². The van der Waals surface area contributed by atoms with Gasteiger partial charge in [-0.15, -0.1) is 11.3 Å². The summed E-state index contributed by atoms with van der Waals surface area (Å²) in [7, 11) is 0. The van der Waals surface area contributed by atoms with Gasteiger partial charge in [0.15, 0.2) is 5.82 Å². The molecular weight excluding hydrogens is 580 g/mol. The number of benzene rings is 1. The number of aromatic nitrogens is 6. The molecule has 4 heterocycles. The van der Waals surface area contributed by atoms with Crippen LogP contribution in [0.25, 0.3) is 27.6 Å². The second-order valence-corrected chi connectivity index (χ2v) is 13.0. The Morgan fingerprint density at radius 1 is 1.11 bits per heavy atom. The lowest BCUT2D eigenvalue weighted by Crippen LogP contribution is -2.32. The van der Waals surface area contributed by atoms with Gasteiger partial charge in [0.2, 0.25) is 5.78 Å². The Morgan fingerprint density at radius 3 is 2.57 bits per heavy atom. The summed E-state index contributed by atoms with van der Waals surface area (Å²) in [5.74, 6) is 0.309. The second-order valence-electron chi connectivity index (χ2n) is 11.8. The van der Waals surface area contributed by atoms with E-state index in [1.165, 1.54) is 6.33 Å². The largest absolute Gasteiger partial charge is 0.439 e. The molecule has 0 fully saturated rings. The molecule has 2 N–H and O–H groups in total. The van der Waals surface area contributed by atoms with Gasteiger partial charge in [-0.2, -0.15) is 10.1 Å². The highest BCUT2D eigenvalue weighted by molar-refractivity contribution is 7.15. The predicted octanol–water partition coefficient (Wildman–Crippen LogP) is 5.41. The zero-order valence-electron chi connectivity index (χ0n) is 25.9. The normalized spacial score (nSPS) is 13.5. The van der Waals surface area contributed by atoms with Gasteiger partial charge in [0.05, 0.1) is 24.0 Å². The van der Waals surface area contributed by atoms with Crippen LogP contribution in [-0.2, 0) is 17.6 Å². The van der Waals surface area contributed by atoms with Crippen LogP contribution in [0.2, 0.25) is 0 Å². The fourth-order valence-electron chi connectivity index (χ4n) is 5.47. The molecule has 234 valence electrons. The Bertz CT molecular complexity index is 1820. The molecule has 4 aromatic heterocycles. The molecule has 0 amide bonds. The molecule has 0 unspecified atom stereocenters. The van der Waals surface area contributed by atoms with Crippen LogP contribution < -0.4 is 11.3 Å². The van der Waals surface area contributed by atoms with E-state index in [1.54, 1.807) is 29.8 Å². The molecule has 0 spiro atoms. The SMILES string of the molecule is CCCc1c(Cc2ccc(-c3ccccc3-c3noc(=O)[nH]3)s2)c(=O)n([C@@H](C)CC[C@H](CC)OCC(C)(C)O)c2ncnn12. The van der Waals surface area contributed by atoms with Crippen molar-refractivity contribution in [2.75, 3.05) is 6.61 Å². The smallest absolute Gasteiger partial charge is 0.388 e. The van der Waals surface area contributed by atoms with Crippen molar-refractivity contribution in [1.29, 1.82) is 0 Å². The third-order valence-corrected chi connectivity index (χ3v) is 8.81. The number of aromatic amines is 1. The Balaban J connectivity index is 1.47. The molecule has 0 bridgehead atoms. The Labute approximate surface area is 259 Å². The minimum atomic E-state index is -0.896. The predicted molar refractivity (Wildman–Crippen MR) is 170 cm³/mol. The van der Waals surface area contributed by atoms with Crippen molar-refractivity contribution in [2.45, 2.75) is 90.9 Å². The molecule has 5 rings (SSSR count). The topological polar surface area (TPSA) is 141 Å². The van der Waals surface area contributed by atoms with Gasteiger partial charge in [0.25, 0.3) is 5.56 Å². The second kappa shape index (κ2) is 13.4. The third kappa shape index (κ3) is 6.92. The fraction of sp³-hybridized carbons (Fsp3) is 0.469. The van der Waals surface area contributed by atoms with Gasteiger partial charge in [-0.1, -0.05) is 49.7 Å². The van der Waals surface area contributed by atoms with Crippen molar-refractivity contribution >= 4 is 17.1 Å². The Morgan fingerprint density at radius 2 is 1.89 bits per heavy atom. The number of hydrogen-bond acceptors (Lipinski definition) is 9. The number of hydrogen-bond donors (Lipinski definition) is 2. The van der Waals surface area contributed by atoms with Crippen molar-refractivity contribution in [2.24, 2.45) is 0 Å². The number of nitrogens with zero attached hydrogens (tertiary/aromatic N) is 5. The molecule has 2 atom stereocenters. The van der Waals surface area contributed by atoms with E-state index in [0.29, 0.717) is 36.4 Å². The zero-order valence-corrected chi connectivity index (χ0v) is 26.7. The zero-order chi connectivity index (χ0) is 31.4. The van der Waals surface area contributed by atoms with Gasteiger partial charge in [-0.3, -0.25) is 18.9 Å². The first-order chi connectivity index (χ1) is 21.1. The minimum absolute atomic E-state index is 0.0187. The Kier molecular flexibility index (Phi) is 9.62. The number of aryl methyl sites for hydroxylation is 1. The van der Waals surface area contributed by atoms with Crippen LogP contribution in [-0.4, -0.2) is 52.7 Å². The van der Waals surface area contributed by atoms with Gasteiger partial charge in [-0.05, 0) is 58.6 Å². The van der Waals surface area contributed by atoms with E-state index in [1.807, 2.05) is 47.8 Å². The van der Waals surface area contributed by atoms with E-state index in [4.69, 9.17) is 9.26 Å². The molecule has 0 radical (unpaired) electrons. The molecule has 11 nitrogen and oxygen atoms in total. The summed E-state index contributed by atoms with van der Waals surface area (Å²) in [6.07, 6.45) is 5.78. The maximum Gasteiger partial charge on any atom is 0.439 e. The van der Waals surface area contributed by atoms with Crippen LogP contribution in [0, 0.1) is 0 Å². The number of fused-ring (bicyclic) bond motifs is 1. The average molecular weight is 621 g/mol. The molecule has 0 saturated carbocycles. The summed E-state index contributed by atoms with van der Waals surface area (Å²) in [6.45, 7) is 9.92. The molecule has 0 aliphatic carbocycles. The van der Waals surface area contributed by atoms with Crippen LogP contribution >= 0.6 is 11.3 Å². The minimum Gasteiger partial charge on any atom is -0.388 e. The summed E-state index contributed by atoms with van der Waals surface area (Å²) in [6, 6.07) is 11.6. The summed E-state index contributed by atoms with van der Waals surface area (Å²) in [5, 5.41) is 18.5. The first-order valence-electron chi connectivity index (χ1n) is 15.1. The van der Waals surface area contributed by atoms with Crippen molar-refractivity contribution < 1.29 is 14.4 Å². The quantitative estimate of drug-likeness (QED) is 0.168. The molecule has 0 saturated heterocycles. The van der Waals surface area contributed by atoms with E-state index in [9.17, 15) is 14.7 Å². The van der Waals surface area contributed by atoms with Crippen molar-refractivity contribution in [3.8, 4) is 21.8 Å². The molecule has 1 aromatic carbocycles. The Hall–Kier alpha value is -3.87. The first-order valence-corrected chi connectivity index (χ1v) is 16.0. The molecule has 0 aliphatic rings. The number of nitrogens with one attached hydrogen (secondary N) is 1. The lowest BCUT2D eigenvalue weighted by molar-refractivity contribution is -0.0571. The van der Waals surface area contributed by atoms with Crippen molar-refractivity contribution in [1.82, 2.24) is 29.3 Å². The summed E-state index contributed by atoms with van der Waals surface area (Å²) in [5.41, 5.74) is 2.32. The van der Waals surface area contributed by atoms with Gasteiger partial charge in [0.1, 0.15) is 6.33 Å². The van der Waals surface area contributed by atoms with E-state index >= 15 is 0 Å². The van der Waals surface area contributed by atoms with E-state index in [-0.39, 0.29) is 24.3 Å². The lowest BCUT2D eigenvalue weighted by atomic mass is 10.0. The van der Waals surface area contributed by atoms with Gasteiger partial charge in [0, 0.05) is 38.9 Å². The summed E-state index contributed by atoms with van der Waals surface area (Å²) >= 11 is 1.60. The maximum atomic E-state index is 14.3. The van der Waals surface area contributed by atoms with Crippen molar-refractivity contribution in [3.63, 3.8) is 0 Å². The van der Waals surface area contributed by atoms with Crippen LogP contribution in [0.4, 0.5) is 0 Å². The highest BCUT2D eigenvalue weighted by atomic mass is 32.1. The van der Waals surface area contributed by atoms with Gasteiger partial charge >= 0.3 is 5.76 Å². The number of ether oxygens (including phenoxy) is 1. The number of aliphatic hydroxyl groups is 1. The van der Waals surface area contributed by atoms with E-state index in [2.05, 4.69) is 34.1 Å². The standard InChI is InChI=1S/C32H40N6O5S/c1-6-10-26-25(17-22-15-16-27(44-22)23-11-8-9-12-24(23)28-35-31(40)43-36-28)29(39)37(30-33-19-34-38(26)30)20(3)13-14-21(7-2)42-18-32(4,5)41/h8-9,11-12,15-16,19-21,41H,6-7,10,13-14,17-18H2,1-5H3,(H,35,36,40)/t20-,21-/m0/s1. The maximum absolute atomic E-state index is 14.3. The highest BCUT2D eigenvalue weighted by Gasteiger charge is 2.24. The lowest BCUT2D eigenvalue weighted by Gasteiger charge is -2.24. The van der Waals surface area contributed by atoms with Gasteiger partial charge in [-0.25, -0.2) is 9.31 Å². The van der Waals surface area contributed by atoms with Crippen LogP contribution in [0.1, 0.15) is 82.5 Å². The third-order valence-electron chi connectivity index (χ3n) is 7.69. The highest BCUT2D eigenvalue weighted by Crippen LogP contribution is 2.35. The molecular formula is C32H40N6O5S. The van der Waals surface area contributed by atoms with E-state index in [0.717, 1.165) is 45.8 Å². The number of thiophene rings is 1. The van der Waals surface area contributed by atoms with Crippen LogP contribution in [0.5, 0.6) is 0 Å². The van der Waals surface area contributed by atoms with Crippen molar-refractivity contribution in [3.05, 3.63) is 79.8 Å². The summed E-state index contributed by atoms with van der Waals surface area (Å²) < 4.78 is 14.3. The summed E-state index contributed by atoms with van der Waals surface area (Å²) in [4.78, 5) is 35.0. The van der Waals surface area contributed by atoms with Crippen LogP contribution in [0.3, 0.4) is 0 Å².